The Morgan fingerprint density at radius 1 is 1.42 bits per heavy atom. The van der Waals surface area contributed by atoms with Crippen molar-refractivity contribution in [3.63, 3.8) is 0 Å². The zero-order valence-electron chi connectivity index (χ0n) is 6.81. The number of aliphatic imine (C=N–C) groups is 1. The highest BCUT2D eigenvalue weighted by Crippen LogP contribution is 2.24. The summed E-state index contributed by atoms with van der Waals surface area (Å²) in [5, 5.41) is 0. The van der Waals surface area contributed by atoms with Crippen molar-refractivity contribution in [1.82, 2.24) is 0 Å². The van der Waals surface area contributed by atoms with Crippen LogP contribution < -0.4 is 4.90 Å². The maximum atomic E-state index is 4.31. The van der Waals surface area contributed by atoms with Gasteiger partial charge in [0.2, 0.25) is 0 Å². The normalized spacial score (nSPS) is 20.8. The van der Waals surface area contributed by atoms with Crippen LogP contribution in [0.2, 0.25) is 0 Å². The van der Waals surface area contributed by atoms with E-state index < -0.39 is 0 Å². The van der Waals surface area contributed by atoms with Crippen LogP contribution in [0.3, 0.4) is 0 Å². The third kappa shape index (κ3) is 1.10. The molecule has 1 unspecified atom stereocenters. The molecule has 12 heavy (non-hydrogen) atoms. The molecule has 0 radical (unpaired) electrons. The van der Waals surface area contributed by atoms with Crippen molar-refractivity contribution in [3.05, 3.63) is 29.8 Å². The number of hydrogen-bond donors (Lipinski definition) is 1. The summed E-state index contributed by atoms with van der Waals surface area (Å²) < 4.78 is 0. The Balaban J connectivity index is 2.52. The zero-order chi connectivity index (χ0) is 8.55. The molecule has 1 aromatic rings. The van der Waals surface area contributed by atoms with Gasteiger partial charge in [0.15, 0.2) is 5.50 Å². The summed E-state index contributed by atoms with van der Waals surface area (Å²) in [6, 6.07) is 8.16. The van der Waals surface area contributed by atoms with Gasteiger partial charge in [0.05, 0.1) is 0 Å². The molecule has 0 aliphatic carbocycles. The fourth-order valence-electron chi connectivity index (χ4n) is 1.29. The lowest BCUT2D eigenvalue weighted by Crippen LogP contribution is -2.28. The highest BCUT2D eigenvalue weighted by atomic mass is 32.1. The quantitative estimate of drug-likeness (QED) is 0.598. The molecule has 0 aromatic heterocycles. The lowest BCUT2D eigenvalue weighted by atomic mass is 10.1. The molecule has 1 aliphatic heterocycles. The van der Waals surface area contributed by atoms with Crippen LogP contribution >= 0.6 is 12.6 Å². The fraction of sp³-hybridized carbons (Fsp3) is 0.222. The molecule has 0 saturated heterocycles. The smallest absolute Gasteiger partial charge is 0.165 e. The number of hydrogen-bond acceptors (Lipinski definition) is 3. The van der Waals surface area contributed by atoms with Crippen LogP contribution in [-0.4, -0.2) is 18.8 Å². The minimum Gasteiger partial charge on any atom is -0.344 e. The first-order chi connectivity index (χ1) is 5.79. The highest BCUT2D eigenvalue weighted by Gasteiger charge is 2.15. The molecule has 62 valence electrons. The Kier molecular flexibility index (Phi) is 1.81. The molecular weight excluding hydrogens is 168 g/mol. The van der Waals surface area contributed by atoms with E-state index in [1.807, 2.05) is 30.3 Å². The third-order valence-electron chi connectivity index (χ3n) is 2.01. The summed E-state index contributed by atoms with van der Waals surface area (Å²) in [4.78, 5) is 6.26. The Hall–Kier alpha value is -0.960. The van der Waals surface area contributed by atoms with Crippen LogP contribution in [0.5, 0.6) is 0 Å². The molecule has 1 aromatic carbocycles. The molecule has 0 fully saturated rings. The molecule has 0 N–H and O–H groups in total. The van der Waals surface area contributed by atoms with E-state index in [0.29, 0.717) is 0 Å². The number of para-hydroxylation sites is 1. The summed E-state index contributed by atoms with van der Waals surface area (Å²) in [6.45, 7) is 0. The van der Waals surface area contributed by atoms with Gasteiger partial charge in [0.1, 0.15) is 0 Å². The summed E-state index contributed by atoms with van der Waals surface area (Å²) in [5.41, 5.74) is 2.30. The van der Waals surface area contributed by atoms with E-state index in [4.69, 9.17) is 0 Å². The number of rotatable bonds is 0. The van der Waals surface area contributed by atoms with Gasteiger partial charge in [-0.3, -0.25) is 4.99 Å². The Bertz CT molecular complexity index is 322. The average molecular weight is 178 g/mol. The van der Waals surface area contributed by atoms with Crippen molar-refractivity contribution in [3.8, 4) is 0 Å². The minimum atomic E-state index is -0.0418. The molecule has 0 amide bonds. The van der Waals surface area contributed by atoms with Crippen LogP contribution in [0.1, 0.15) is 5.56 Å². The van der Waals surface area contributed by atoms with E-state index in [9.17, 15) is 0 Å². The predicted octanol–water partition coefficient (Wildman–Crippen LogP) is 1.77. The largest absolute Gasteiger partial charge is 0.344 e. The zero-order valence-corrected chi connectivity index (χ0v) is 7.70. The van der Waals surface area contributed by atoms with Crippen molar-refractivity contribution in [2.75, 3.05) is 11.9 Å². The average Bonchev–Trinajstić information content (AvgIpc) is 2.12. The molecule has 3 heteroatoms. The molecule has 1 aliphatic rings. The van der Waals surface area contributed by atoms with E-state index in [1.54, 1.807) is 0 Å². The number of benzene rings is 1. The van der Waals surface area contributed by atoms with Crippen LogP contribution in [0.15, 0.2) is 29.3 Å². The van der Waals surface area contributed by atoms with Gasteiger partial charge in [-0.25, -0.2) is 0 Å². The second-order valence-electron chi connectivity index (χ2n) is 2.79. The summed E-state index contributed by atoms with van der Waals surface area (Å²) >= 11 is 4.31. The van der Waals surface area contributed by atoms with Crippen LogP contribution in [0, 0.1) is 0 Å². The summed E-state index contributed by atoms with van der Waals surface area (Å²) in [7, 11) is 1.99. The van der Waals surface area contributed by atoms with Gasteiger partial charge in [0, 0.05) is 24.5 Å². The first-order valence-electron chi connectivity index (χ1n) is 3.82. The summed E-state index contributed by atoms with van der Waals surface area (Å²) in [5.74, 6) is 0. The second kappa shape index (κ2) is 2.83. The maximum absolute atomic E-state index is 4.31. The standard InChI is InChI=1S/C9H10N2S/c1-11-8-5-3-2-4-7(8)6-10-9(11)12/h2-6,9,12H,1H3. The van der Waals surface area contributed by atoms with Crippen LogP contribution in [0.25, 0.3) is 0 Å². The molecule has 2 rings (SSSR count). The Morgan fingerprint density at radius 2 is 2.17 bits per heavy atom. The second-order valence-corrected chi connectivity index (χ2v) is 3.26. The third-order valence-corrected chi connectivity index (χ3v) is 2.49. The highest BCUT2D eigenvalue weighted by molar-refractivity contribution is 7.81. The maximum Gasteiger partial charge on any atom is 0.165 e. The number of nitrogens with zero attached hydrogens (tertiary/aromatic N) is 2. The van der Waals surface area contributed by atoms with E-state index in [0.717, 1.165) is 5.56 Å². The Morgan fingerprint density at radius 3 is 3.00 bits per heavy atom. The summed E-state index contributed by atoms with van der Waals surface area (Å²) in [6.07, 6.45) is 1.87. The molecule has 2 nitrogen and oxygen atoms in total. The van der Waals surface area contributed by atoms with E-state index >= 15 is 0 Å². The van der Waals surface area contributed by atoms with Gasteiger partial charge < -0.3 is 4.90 Å². The van der Waals surface area contributed by atoms with E-state index in [2.05, 4.69) is 29.8 Å². The van der Waals surface area contributed by atoms with Crippen LogP contribution in [0.4, 0.5) is 5.69 Å². The lowest BCUT2D eigenvalue weighted by molar-refractivity contribution is 0.870. The SMILES string of the molecule is CN1c2ccccc2C=NC1S. The fourth-order valence-corrected chi connectivity index (χ4v) is 1.48. The lowest BCUT2D eigenvalue weighted by Gasteiger charge is -2.27. The van der Waals surface area contributed by atoms with E-state index in [1.165, 1.54) is 5.69 Å². The van der Waals surface area contributed by atoms with Gasteiger partial charge in [-0.05, 0) is 6.07 Å². The van der Waals surface area contributed by atoms with Gasteiger partial charge in [-0.2, -0.15) is 0 Å². The number of fused-ring (bicyclic) bond motifs is 1. The molecule has 0 saturated carbocycles. The minimum absolute atomic E-state index is 0.0418. The molecule has 0 bridgehead atoms. The van der Waals surface area contributed by atoms with Crippen LogP contribution in [-0.2, 0) is 0 Å². The predicted molar refractivity (Wildman–Crippen MR) is 55.2 cm³/mol. The molecule has 1 heterocycles. The van der Waals surface area contributed by atoms with E-state index in [-0.39, 0.29) is 5.50 Å². The topological polar surface area (TPSA) is 15.6 Å². The van der Waals surface area contributed by atoms with Crippen molar-refractivity contribution in [2.24, 2.45) is 4.99 Å². The van der Waals surface area contributed by atoms with Crippen molar-refractivity contribution in [2.45, 2.75) is 5.50 Å². The Labute approximate surface area is 77.3 Å². The van der Waals surface area contributed by atoms with Gasteiger partial charge in [-0.1, -0.05) is 18.2 Å². The van der Waals surface area contributed by atoms with Gasteiger partial charge >= 0.3 is 0 Å². The van der Waals surface area contributed by atoms with Gasteiger partial charge in [0.25, 0.3) is 0 Å². The first-order valence-corrected chi connectivity index (χ1v) is 4.34. The molecule has 0 spiro atoms. The van der Waals surface area contributed by atoms with Crippen molar-refractivity contribution < 1.29 is 0 Å². The van der Waals surface area contributed by atoms with Gasteiger partial charge in [-0.15, -0.1) is 12.6 Å². The molecule has 1 atom stereocenters. The monoisotopic (exact) mass is 178 g/mol. The van der Waals surface area contributed by atoms with Crippen molar-refractivity contribution >= 4 is 24.5 Å². The molecular formula is C9H10N2S. The van der Waals surface area contributed by atoms with Crippen molar-refractivity contribution in [1.29, 1.82) is 0 Å². The number of anilines is 1. The number of thiol groups is 1. The first kappa shape index (κ1) is 7.68.